The molecule has 1 heterocycles. The number of aromatic nitrogens is 1. The van der Waals surface area contributed by atoms with Gasteiger partial charge >= 0.3 is 0 Å². The van der Waals surface area contributed by atoms with Crippen molar-refractivity contribution < 1.29 is 0 Å². The molecule has 0 saturated heterocycles. The molecule has 1 unspecified atom stereocenters. The van der Waals surface area contributed by atoms with Crippen molar-refractivity contribution in [3.05, 3.63) is 30.1 Å². The quantitative estimate of drug-likeness (QED) is 0.815. The highest BCUT2D eigenvalue weighted by Crippen LogP contribution is 2.29. The molecule has 0 aliphatic heterocycles. The fourth-order valence-electron chi connectivity index (χ4n) is 2.98. The van der Waals surface area contributed by atoms with Gasteiger partial charge < -0.3 is 5.32 Å². The first-order chi connectivity index (χ1) is 8.38. The van der Waals surface area contributed by atoms with Crippen LogP contribution in [0.5, 0.6) is 0 Å². The Labute approximate surface area is 105 Å². The maximum absolute atomic E-state index is 4.20. The van der Waals surface area contributed by atoms with Gasteiger partial charge in [0.2, 0.25) is 0 Å². The van der Waals surface area contributed by atoms with E-state index in [1.54, 1.807) is 0 Å². The zero-order valence-corrected chi connectivity index (χ0v) is 10.9. The highest BCUT2D eigenvalue weighted by Gasteiger charge is 2.19. The molecule has 1 aliphatic carbocycles. The second kappa shape index (κ2) is 6.75. The third kappa shape index (κ3) is 4.12. The summed E-state index contributed by atoms with van der Waals surface area (Å²) in [6.45, 7) is 3.27. The predicted octanol–water partition coefficient (Wildman–Crippen LogP) is 3.18. The van der Waals surface area contributed by atoms with Crippen molar-refractivity contribution in [1.82, 2.24) is 10.3 Å². The van der Waals surface area contributed by atoms with Crippen molar-refractivity contribution in [2.24, 2.45) is 5.92 Å². The van der Waals surface area contributed by atoms with E-state index in [1.165, 1.54) is 37.7 Å². The molecular weight excluding hydrogens is 208 g/mol. The average Bonchev–Trinajstić information content (AvgIpc) is 2.83. The van der Waals surface area contributed by atoms with Crippen LogP contribution in [-0.4, -0.2) is 17.6 Å². The van der Waals surface area contributed by atoms with Crippen LogP contribution in [0.3, 0.4) is 0 Å². The normalized spacial score (nSPS) is 18.4. The van der Waals surface area contributed by atoms with E-state index < -0.39 is 0 Å². The summed E-state index contributed by atoms with van der Waals surface area (Å²) in [5.74, 6) is 0.954. The number of nitrogens with one attached hydrogen (secondary N) is 1. The van der Waals surface area contributed by atoms with Crippen LogP contribution in [0.1, 0.15) is 44.6 Å². The fraction of sp³-hybridized carbons (Fsp3) is 0.667. The van der Waals surface area contributed by atoms with Gasteiger partial charge in [0, 0.05) is 18.4 Å². The predicted molar refractivity (Wildman–Crippen MR) is 72.0 cm³/mol. The number of hydrogen-bond acceptors (Lipinski definition) is 2. The molecule has 2 heteroatoms. The van der Waals surface area contributed by atoms with Crippen molar-refractivity contribution >= 4 is 0 Å². The Kier molecular flexibility index (Phi) is 4.99. The molecule has 0 radical (unpaired) electrons. The van der Waals surface area contributed by atoms with Gasteiger partial charge in [0.25, 0.3) is 0 Å². The topological polar surface area (TPSA) is 24.9 Å². The molecule has 17 heavy (non-hydrogen) atoms. The zero-order valence-electron chi connectivity index (χ0n) is 10.9. The minimum atomic E-state index is 0.632. The minimum Gasteiger partial charge on any atom is -0.314 e. The number of likely N-dealkylation sites (N-methyl/N-ethyl adjacent to an activating group) is 1. The first-order valence-electron chi connectivity index (χ1n) is 7.00. The molecule has 2 nitrogen and oxygen atoms in total. The van der Waals surface area contributed by atoms with Gasteiger partial charge in [0.1, 0.15) is 0 Å². The van der Waals surface area contributed by atoms with Gasteiger partial charge in [0.15, 0.2) is 0 Å². The van der Waals surface area contributed by atoms with E-state index in [0.717, 1.165) is 18.9 Å². The summed E-state index contributed by atoms with van der Waals surface area (Å²) < 4.78 is 0. The van der Waals surface area contributed by atoms with Crippen LogP contribution >= 0.6 is 0 Å². The third-order valence-electron chi connectivity index (χ3n) is 3.79. The molecule has 1 N–H and O–H groups in total. The standard InChI is InChI=1S/C15H24N2/c1-2-17-15(10-13-6-3-4-7-13)11-14-8-5-9-16-12-14/h5,8-9,12-13,15,17H,2-4,6-7,10-11H2,1H3. The Morgan fingerprint density at radius 1 is 1.41 bits per heavy atom. The second-order valence-electron chi connectivity index (χ2n) is 5.21. The lowest BCUT2D eigenvalue weighted by Crippen LogP contribution is -2.32. The number of hydrogen-bond donors (Lipinski definition) is 1. The molecule has 0 amide bonds. The van der Waals surface area contributed by atoms with Gasteiger partial charge in [-0.25, -0.2) is 0 Å². The van der Waals surface area contributed by atoms with Crippen LogP contribution < -0.4 is 5.32 Å². The van der Waals surface area contributed by atoms with Gasteiger partial charge in [-0.2, -0.15) is 0 Å². The lowest BCUT2D eigenvalue weighted by molar-refractivity contribution is 0.390. The highest BCUT2D eigenvalue weighted by atomic mass is 14.9. The van der Waals surface area contributed by atoms with Crippen molar-refractivity contribution in [2.45, 2.75) is 51.5 Å². The van der Waals surface area contributed by atoms with Gasteiger partial charge in [-0.1, -0.05) is 38.7 Å². The van der Waals surface area contributed by atoms with Crippen LogP contribution in [0, 0.1) is 5.92 Å². The van der Waals surface area contributed by atoms with Crippen LogP contribution in [0.4, 0.5) is 0 Å². The first kappa shape index (κ1) is 12.6. The monoisotopic (exact) mass is 232 g/mol. The Bertz CT molecular complexity index is 304. The lowest BCUT2D eigenvalue weighted by Gasteiger charge is -2.21. The molecule has 1 saturated carbocycles. The molecule has 1 atom stereocenters. The fourth-order valence-corrected chi connectivity index (χ4v) is 2.98. The smallest absolute Gasteiger partial charge is 0.0300 e. The summed E-state index contributed by atoms with van der Waals surface area (Å²) in [7, 11) is 0. The summed E-state index contributed by atoms with van der Waals surface area (Å²) in [4.78, 5) is 4.20. The van der Waals surface area contributed by atoms with E-state index in [-0.39, 0.29) is 0 Å². The van der Waals surface area contributed by atoms with E-state index in [2.05, 4.69) is 23.3 Å². The summed E-state index contributed by atoms with van der Waals surface area (Å²) in [6.07, 6.45) is 12.1. The van der Waals surface area contributed by atoms with Crippen molar-refractivity contribution in [3.8, 4) is 0 Å². The first-order valence-corrected chi connectivity index (χ1v) is 7.00. The van der Waals surface area contributed by atoms with Gasteiger partial charge in [0.05, 0.1) is 0 Å². The number of pyridine rings is 1. The summed E-state index contributed by atoms with van der Waals surface area (Å²) in [5.41, 5.74) is 1.36. The molecule has 1 aromatic rings. The zero-order chi connectivity index (χ0) is 11.9. The molecule has 1 aromatic heterocycles. The van der Waals surface area contributed by atoms with Crippen molar-refractivity contribution in [3.63, 3.8) is 0 Å². The van der Waals surface area contributed by atoms with Crippen molar-refractivity contribution in [1.29, 1.82) is 0 Å². The Hall–Kier alpha value is -0.890. The van der Waals surface area contributed by atoms with E-state index in [1.807, 2.05) is 18.5 Å². The molecular formula is C15H24N2. The van der Waals surface area contributed by atoms with E-state index in [4.69, 9.17) is 0 Å². The van der Waals surface area contributed by atoms with E-state index in [0.29, 0.717) is 6.04 Å². The molecule has 0 spiro atoms. The van der Waals surface area contributed by atoms with Crippen LogP contribution in [0.15, 0.2) is 24.5 Å². The second-order valence-corrected chi connectivity index (χ2v) is 5.21. The molecule has 1 aliphatic rings. The Morgan fingerprint density at radius 2 is 2.24 bits per heavy atom. The van der Waals surface area contributed by atoms with Gasteiger partial charge in [-0.3, -0.25) is 4.98 Å². The highest BCUT2D eigenvalue weighted by molar-refractivity contribution is 5.10. The SMILES string of the molecule is CCNC(Cc1cccnc1)CC1CCCC1. The molecule has 0 aromatic carbocycles. The summed E-state index contributed by atoms with van der Waals surface area (Å²) in [5, 5.41) is 3.63. The average molecular weight is 232 g/mol. The van der Waals surface area contributed by atoms with Crippen LogP contribution in [0.2, 0.25) is 0 Å². The molecule has 94 valence electrons. The van der Waals surface area contributed by atoms with Crippen LogP contribution in [0.25, 0.3) is 0 Å². The van der Waals surface area contributed by atoms with Crippen LogP contribution in [-0.2, 0) is 6.42 Å². The third-order valence-corrected chi connectivity index (χ3v) is 3.79. The molecule has 2 rings (SSSR count). The maximum atomic E-state index is 4.20. The largest absolute Gasteiger partial charge is 0.314 e. The Morgan fingerprint density at radius 3 is 2.88 bits per heavy atom. The Balaban J connectivity index is 1.87. The lowest BCUT2D eigenvalue weighted by atomic mass is 9.94. The van der Waals surface area contributed by atoms with Gasteiger partial charge in [-0.15, -0.1) is 0 Å². The summed E-state index contributed by atoms with van der Waals surface area (Å²) in [6, 6.07) is 4.85. The van der Waals surface area contributed by atoms with Gasteiger partial charge in [-0.05, 0) is 36.9 Å². The number of rotatable bonds is 6. The molecule has 1 fully saturated rings. The molecule has 0 bridgehead atoms. The van der Waals surface area contributed by atoms with E-state index >= 15 is 0 Å². The maximum Gasteiger partial charge on any atom is 0.0300 e. The number of nitrogens with zero attached hydrogens (tertiary/aromatic N) is 1. The minimum absolute atomic E-state index is 0.632. The summed E-state index contributed by atoms with van der Waals surface area (Å²) >= 11 is 0. The van der Waals surface area contributed by atoms with Crippen molar-refractivity contribution in [2.75, 3.05) is 6.54 Å². The van der Waals surface area contributed by atoms with E-state index in [9.17, 15) is 0 Å².